The average Bonchev–Trinajstić information content (AvgIpc) is 3.52. The van der Waals surface area contributed by atoms with Gasteiger partial charge >= 0.3 is 0 Å². The van der Waals surface area contributed by atoms with Crippen LogP contribution in [0.5, 0.6) is 0 Å². The largest absolute Gasteiger partial charge is 0.383 e. The van der Waals surface area contributed by atoms with Gasteiger partial charge in [-0.2, -0.15) is 10.2 Å². The number of carbonyl (C=O) groups is 1. The third-order valence-electron chi connectivity index (χ3n) is 6.64. The van der Waals surface area contributed by atoms with Crippen molar-refractivity contribution in [3.05, 3.63) is 65.5 Å². The molecule has 0 bridgehead atoms. The number of nitrogens with zero attached hydrogens (tertiary/aromatic N) is 7. The number of likely N-dealkylation sites (N-methyl/N-ethyl adjacent to an activating group) is 1. The molecule has 0 unspecified atom stereocenters. The molecule has 0 atom stereocenters. The Labute approximate surface area is 213 Å². The van der Waals surface area contributed by atoms with E-state index in [-0.39, 0.29) is 12.5 Å². The van der Waals surface area contributed by atoms with E-state index in [4.69, 9.17) is 5.73 Å². The number of carbonyl (C=O) groups excluding carboxylic acids is 1. The zero-order chi connectivity index (χ0) is 26.1. The first kappa shape index (κ1) is 23.9. The molecule has 4 N–H and O–H groups in total. The van der Waals surface area contributed by atoms with Crippen LogP contribution < -0.4 is 11.1 Å². The minimum atomic E-state index is 0.0425. The van der Waals surface area contributed by atoms with E-state index in [1.165, 1.54) is 0 Å². The van der Waals surface area contributed by atoms with Crippen molar-refractivity contribution in [1.29, 1.82) is 0 Å². The highest BCUT2D eigenvalue weighted by Gasteiger charge is 2.19. The number of aliphatic imine (C=N–C) groups is 1. The molecule has 1 amide bonds. The second-order valence-electron chi connectivity index (χ2n) is 9.00. The predicted molar refractivity (Wildman–Crippen MR) is 145 cm³/mol. The highest BCUT2D eigenvalue weighted by molar-refractivity contribution is 5.95. The number of nitrogen functional groups attached to an aromatic ring is 1. The van der Waals surface area contributed by atoms with E-state index < -0.39 is 0 Å². The molecule has 5 rings (SSSR count). The van der Waals surface area contributed by atoms with Crippen molar-refractivity contribution in [3.63, 3.8) is 0 Å². The molecule has 0 radical (unpaired) electrons. The summed E-state index contributed by atoms with van der Waals surface area (Å²) in [7, 11) is 1.81. The Hall–Kier alpha value is -4.80. The number of aromatic amines is 1. The fourth-order valence-corrected chi connectivity index (χ4v) is 4.34. The molecule has 11 nitrogen and oxygen atoms in total. The lowest BCUT2D eigenvalue weighted by Crippen LogP contribution is -2.29. The lowest BCUT2D eigenvalue weighted by molar-refractivity contribution is -0.130. The molecule has 1 aliphatic rings. The van der Waals surface area contributed by atoms with Crippen molar-refractivity contribution >= 4 is 52.0 Å². The van der Waals surface area contributed by atoms with Gasteiger partial charge in [0.1, 0.15) is 18.2 Å². The van der Waals surface area contributed by atoms with Gasteiger partial charge in [0.2, 0.25) is 5.91 Å². The van der Waals surface area contributed by atoms with Crippen molar-refractivity contribution in [2.24, 2.45) is 4.99 Å². The van der Waals surface area contributed by atoms with Crippen LogP contribution in [-0.4, -0.2) is 61.1 Å². The second kappa shape index (κ2) is 9.69. The van der Waals surface area contributed by atoms with Crippen LogP contribution in [0.1, 0.15) is 30.9 Å². The van der Waals surface area contributed by atoms with Crippen molar-refractivity contribution in [3.8, 4) is 0 Å². The summed E-state index contributed by atoms with van der Waals surface area (Å²) in [4.78, 5) is 27.0. The van der Waals surface area contributed by atoms with Gasteiger partial charge in [0.05, 0.1) is 11.4 Å². The number of amides is 1. The molecule has 37 heavy (non-hydrogen) atoms. The van der Waals surface area contributed by atoms with Crippen LogP contribution in [0.2, 0.25) is 0 Å². The van der Waals surface area contributed by atoms with Crippen molar-refractivity contribution in [2.75, 3.05) is 24.6 Å². The molecule has 4 aromatic heterocycles. The molecule has 0 aliphatic carbocycles. The Balaban J connectivity index is 1.47. The van der Waals surface area contributed by atoms with E-state index in [0.717, 1.165) is 51.0 Å². The van der Waals surface area contributed by atoms with Crippen molar-refractivity contribution in [1.82, 2.24) is 34.8 Å². The molecular formula is C26H28N10O. The monoisotopic (exact) mass is 496 g/mol. The molecule has 0 spiro atoms. The Morgan fingerprint density at radius 2 is 2.11 bits per heavy atom. The van der Waals surface area contributed by atoms with Gasteiger partial charge in [-0.05, 0) is 55.3 Å². The van der Waals surface area contributed by atoms with Gasteiger partial charge in [0, 0.05) is 61.3 Å². The van der Waals surface area contributed by atoms with E-state index >= 15 is 0 Å². The molecule has 0 aromatic carbocycles. The van der Waals surface area contributed by atoms with E-state index in [0.29, 0.717) is 24.0 Å². The van der Waals surface area contributed by atoms with Crippen LogP contribution in [-0.2, 0) is 17.8 Å². The molecule has 5 heterocycles. The van der Waals surface area contributed by atoms with Gasteiger partial charge in [0.15, 0.2) is 5.82 Å². The van der Waals surface area contributed by atoms with E-state index in [9.17, 15) is 4.79 Å². The molecule has 1 aliphatic heterocycles. The van der Waals surface area contributed by atoms with Gasteiger partial charge in [-0.3, -0.25) is 19.6 Å². The number of anilines is 3. The van der Waals surface area contributed by atoms with Gasteiger partial charge < -0.3 is 16.0 Å². The molecular weight excluding hydrogens is 468 g/mol. The summed E-state index contributed by atoms with van der Waals surface area (Å²) >= 11 is 0. The second-order valence-corrected chi connectivity index (χ2v) is 9.00. The summed E-state index contributed by atoms with van der Waals surface area (Å²) in [5.74, 6) is 1.69. The molecule has 11 heteroatoms. The van der Waals surface area contributed by atoms with Crippen LogP contribution in [0.4, 0.5) is 17.5 Å². The number of hydrogen-bond acceptors (Lipinski definition) is 8. The van der Waals surface area contributed by atoms with Crippen molar-refractivity contribution < 1.29 is 4.79 Å². The minimum absolute atomic E-state index is 0.0425. The summed E-state index contributed by atoms with van der Waals surface area (Å²) in [6.07, 6.45) is 5.83. The van der Waals surface area contributed by atoms with Crippen LogP contribution in [0, 0.1) is 0 Å². The molecule has 0 saturated carbocycles. The Kier molecular flexibility index (Phi) is 6.26. The first-order chi connectivity index (χ1) is 17.8. The zero-order valence-corrected chi connectivity index (χ0v) is 21.0. The Morgan fingerprint density at radius 3 is 2.86 bits per heavy atom. The highest BCUT2D eigenvalue weighted by Crippen LogP contribution is 2.31. The SMILES string of the molecule is C=N/C=C(\C(C)=C(/C)c1cc2cc(Nc3cc4n(n3)CC(=O)N(C)CC4)ncc2c(N)n1)c1ccn[nH]1. The lowest BCUT2D eigenvalue weighted by atomic mass is 9.97. The van der Waals surface area contributed by atoms with E-state index in [1.807, 2.05) is 45.2 Å². The summed E-state index contributed by atoms with van der Waals surface area (Å²) in [6.45, 7) is 8.49. The van der Waals surface area contributed by atoms with Gasteiger partial charge in [-0.1, -0.05) is 0 Å². The number of hydrogen-bond donors (Lipinski definition) is 3. The maximum atomic E-state index is 12.2. The molecule has 4 aromatic rings. The number of nitrogens with one attached hydrogen (secondary N) is 2. The number of nitrogens with two attached hydrogens (primary N) is 1. The number of allylic oxidation sites excluding steroid dienone is 3. The fourth-order valence-electron chi connectivity index (χ4n) is 4.34. The smallest absolute Gasteiger partial charge is 0.244 e. The topological polar surface area (TPSA) is 143 Å². The number of fused-ring (bicyclic) bond motifs is 2. The first-order valence-corrected chi connectivity index (χ1v) is 11.8. The Morgan fingerprint density at radius 1 is 1.27 bits per heavy atom. The average molecular weight is 497 g/mol. The summed E-state index contributed by atoms with van der Waals surface area (Å²) in [6, 6.07) is 7.74. The summed E-state index contributed by atoms with van der Waals surface area (Å²) in [5, 5.41) is 16.5. The van der Waals surface area contributed by atoms with E-state index in [1.54, 1.807) is 28.2 Å². The molecule has 0 saturated heterocycles. The zero-order valence-electron chi connectivity index (χ0n) is 21.0. The summed E-state index contributed by atoms with van der Waals surface area (Å²) < 4.78 is 1.75. The normalized spacial score (nSPS) is 14.8. The summed E-state index contributed by atoms with van der Waals surface area (Å²) in [5.41, 5.74) is 11.7. The van der Waals surface area contributed by atoms with E-state index in [2.05, 4.69) is 42.3 Å². The number of rotatable bonds is 6. The lowest BCUT2D eigenvalue weighted by Gasteiger charge is -2.13. The molecule has 0 fully saturated rings. The number of pyridine rings is 2. The third-order valence-corrected chi connectivity index (χ3v) is 6.64. The number of H-pyrrole nitrogens is 1. The Bertz CT molecular complexity index is 1560. The van der Waals surface area contributed by atoms with Crippen LogP contribution >= 0.6 is 0 Å². The maximum Gasteiger partial charge on any atom is 0.244 e. The first-order valence-electron chi connectivity index (χ1n) is 11.8. The predicted octanol–water partition coefficient (Wildman–Crippen LogP) is 3.42. The maximum absolute atomic E-state index is 12.2. The van der Waals surface area contributed by atoms with Gasteiger partial charge in [-0.25, -0.2) is 9.97 Å². The standard InChI is InChI=1S/C26H28N10O/c1-15(19(12-28-3)21-5-7-30-33-21)16(2)22-9-17-10-23(29-13-20(17)26(27)31-22)32-24-11-18-6-8-35(4)25(37)14-36(18)34-24/h5,7,9-13H,3,6,8,14H2,1-2,4H3,(H2,27,31)(H,30,33)(H,29,32,34)/b16-15+,19-12+. The van der Waals surface area contributed by atoms with Crippen LogP contribution in [0.25, 0.3) is 21.9 Å². The third kappa shape index (κ3) is 4.70. The number of aromatic nitrogens is 6. The van der Waals surface area contributed by atoms with Gasteiger partial charge in [-0.15, -0.1) is 0 Å². The van der Waals surface area contributed by atoms with Crippen molar-refractivity contribution in [2.45, 2.75) is 26.8 Å². The minimum Gasteiger partial charge on any atom is -0.383 e. The quantitative estimate of drug-likeness (QED) is 0.274. The van der Waals surface area contributed by atoms with Gasteiger partial charge in [0.25, 0.3) is 0 Å². The molecule has 188 valence electrons. The van der Waals surface area contributed by atoms with Crippen LogP contribution in [0.15, 0.2) is 53.4 Å². The highest BCUT2D eigenvalue weighted by atomic mass is 16.2. The van der Waals surface area contributed by atoms with Crippen LogP contribution in [0.3, 0.4) is 0 Å². The fraction of sp³-hybridized carbons (Fsp3) is 0.231.